The van der Waals surface area contributed by atoms with Crippen LogP contribution in [-0.2, 0) is 0 Å². The van der Waals surface area contributed by atoms with E-state index in [1.165, 1.54) is 11.9 Å². The summed E-state index contributed by atoms with van der Waals surface area (Å²) in [6.07, 6.45) is 9.73. The minimum atomic E-state index is 0.0621. The Bertz CT molecular complexity index is 881. The summed E-state index contributed by atoms with van der Waals surface area (Å²) < 4.78 is 0. The van der Waals surface area contributed by atoms with E-state index >= 15 is 0 Å². The first-order valence-electron chi connectivity index (χ1n) is 9.37. The molecular weight excluding hydrogens is 336 g/mol. The van der Waals surface area contributed by atoms with Crippen LogP contribution < -0.4 is 0 Å². The Hall–Kier alpha value is -3.08. The molecule has 136 valence electrons. The molecule has 0 unspecified atom stereocenters. The van der Waals surface area contributed by atoms with Crippen molar-refractivity contribution in [1.82, 2.24) is 19.9 Å². The van der Waals surface area contributed by atoms with Crippen molar-refractivity contribution in [2.45, 2.75) is 25.2 Å². The molecule has 3 heterocycles. The second-order valence-corrected chi connectivity index (χ2v) is 6.89. The van der Waals surface area contributed by atoms with Crippen LogP contribution in [0.1, 0.15) is 41.1 Å². The molecule has 5 heteroatoms. The fraction of sp³-hybridized carbons (Fsp3) is 0.273. The first-order valence-corrected chi connectivity index (χ1v) is 9.37. The van der Waals surface area contributed by atoms with E-state index < -0.39 is 0 Å². The Morgan fingerprint density at radius 3 is 2.48 bits per heavy atom. The van der Waals surface area contributed by atoms with Gasteiger partial charge in [0.15, 0.2) is 0 Å². The average Bonchev–Trinajstić information content (AvgIpc) is 3.01. The summed E-state index contributed by atoms with van der Waals surface area (Å²) >= 11 is 0. The van der Waals surface area contributed by atoms with Crippen molar-refractivity contribution in [2.24, 2.45) is 0 Å². The number of carbonyl (C=O) groups is 1. The normalized spacial score (nSPS) is 17.3. The molecule has 0 bridgehead atoms. The minimum Gasteiger partial charge on any atom is -0.339 e. The van der Waals surface area contributed by atoms with Crippen LogP contribution in [0.25, 0.3) is 11.3 Å². The number of benzene rings is 1. The van der Waals surface area contributed by atoms with E-state index in [0.717, 1.165) is 43.6 Å². The molecule has 0 radical (unpaired) electrons. The molecule has 0 N–H and O–H groups in total. The predicted molar refractivity (Wildman–Crippen MR) is 104 cm³/mol. The molecule has 2 aromatic heterocycles. The lowest BCUT2D eigenvalue weighted by atomic mass is 9.92. The van der Waals surface area contributed by atoms with Crippen LogP contribution in [0.15, 0.2) is 67.4 Å². The van der Waals surface area contributed by atoms with Gasteiger partial charge in [-0.2, -0.15) is 0 Å². The zero-order chi connectivity index (χ0) is 18.5. The van der Waals surface area contributed by atoms with Crippen LogP contribution >= 0.6 is 0 Å². The molecule has 1 fully saturated rings. The van der Waals surface area contributed by atoms with Crippen molar-refractivity contribution in [1.29, 1.82) is 0 Å². The highest BCUT2D eigenvalue weighted by atomic mass is 16.2. The van der Waals surface area contributed by atoms with Crippen LogP contribution in [0.5, 0.6) is 0 Å². The van der Waals surface area contributed by atoms with Gasteiger partial charge in [0.2, 0.25) is 0 Å². The Labute approximate surface area is 159 Å². The first-order chi connectivity index (χ1) is 13.3. The maximum absolute atomic E-state index is 12.9. The maximum Gasteiger partial charge on any atom is 0.255 e. The minimum absolute atomic E-state index is 0.0621. The molecule has 0 saturated carbocycles. The smallest absolute Gasteiger partial charge is 0.255 e. The SMILES string of the molecule is O=C(c1ccc(-c2cncnc2)nc1)N1CCC[C@H](c2ccccc2)CC1. The van der Waals surface area contributed by atoms with Crippen molar-refractivity contribution in [3.8, 4) is 11.3 Å². The highest BCUT2D eigenvalue weighted by Gasteiger charge is 2.22. The van der Waals surface area contributed by atoms with Gasteiger partial charge in [-0.25, -0.2) is 9.97 Å². The number of hydrogen-bond donors (Lipinski definition) is 0. The monoisotopic (exact) mass is 358 g/mol. The van der Waals surface area contributed by atoms with Gasteiger partial charge >= 0.3 is 0 Å². The Morgan fingerprint density at radius 1 is 0.926 bits per heavy atom. The van der Waals surface area contributed by atoms with Crippen molar-refractivity contribution in [2.75, 3.05) is 13.1 Å². The molecule has 4 rings (SSSR count). The Balaban J connectivity index is 1.43. The van der Waals surface area contributed by atoms with Crippen LogP contribution in [0.4, 0.5) is 0 Å². The highest BCUT2D eigenvalue weighted by Crippen LogP contribution is 2.28. The number of hydrogen-bond acceptors (Lipinski definition) is 4. The first kappa shape index (κ1) is 17.3. The lowest BCUT2D eigenvalue weighted by Gasteiger charge is -2.21. The second-order valence-electron chi connectivity index (χ2n) is 6.89. The molecular formula is C22H22N4O. The molecule has 1 aliphatic rings. The topological polar surface area (TPSA) is 59.0 Å². The molecule has 1 aliphatic heterocycles. The van der Waals surface area contributed by atoms with E-state index in [1.54, 1.807) is 18.6 Å². The standard InChI is InChI=1S/C22H22N4O/c27-22(19-8-9-21(25-15-19)20-13-23-16-24-14-20)26-11-4-7-18(10-12-26)17-5-2-1-3-6-17/h1-3,5-6,8-9,13-16,18H,4,7,10-12H2/t18-/m0/s1. The van der Waals surface area contributed by atoms with E-state index in [0.29, 0.717) is 11.5 Å². The number of nitrogens with zero attached hydrogens (tertiary/aromatic N) is 4. The fourth-order valence-corrected chi connectivity index (χ4v) is 3.66. The maximum atomic E-state index is 12.9. The van der Waals surface area contributed by atoms with Crippen LogP contribution in [0.3, 0.4) is 0 Å². The van der Waals surface area contributed by atoms with Gasteiger partial charge in [0.05, 0.1) is 11.3 Å². The summed E-state index contributed by atoms with van der Waals surface area (Å²) in [5.41, 5.74) is 3.63. The van der Waals surface area contributed by atoms with Gasteiger partial charge < -0.3 is 4.90 Å². The number of likely N-dealkylation sites (tertiary alicyclic amines) is 1. The molecule has 27 heavy (non-hydrogen) atoms. The third-order valence-electron chi connectivity index (χ3n) is 5.15. The summed E-state index contributed by atoms with van der Waals surface area (Å²) in [7, 11) is 0. The van der Waals surface area contributed by atoms with Gasteiger partial charge in [-0.15, -0.1) is 0 Å². The second kappa shape index (κ2) is 8.08. The zero-order valence-electron chi connectivity index (χ0n) is 15.2. The third kappa shape index (κ3) is 4.03. The zero-order valence-corrected chi connectivity index (χ0v) is 15.2. The third-order valence-corrected chi connectivity index (χ3v) is 5.15. The van der Waals surface area contributed by atoms with Crippen molar-refractivity contribution < 1.29 is 4.79 Å². The van der Waals surface area contributed by atoms with Gasteiger partial charge in [0.25, 0.3) is 5.91 Å². The van der Waals surface area contributed by atoms with Crippen molar-refractivity contribution >= 4 is 5.91 Å². The quantitative estimate of drug-likeness (QED) is 0.711. The van der Waals surface area contributed by atoms with Gasteiger partial charge in [-0.1, -0.05) is 30.3 Å². The largest absolute Gasteiger partial charge is 0.339 e. The molecule has 1 amide bonds. The van der Waals surface area contributed by atoms with Gasteiger partial charge in [-0.3, -0.25) is 9.78 Å². The van der Waals surface area contributed by atoms with E-state index in [4.69, 9.17) is 0 Å². The van der Waals surface area contributed by atoms with Crippen molar-refractivity contribution in [3.63, 3.8) is 0 Å². The summed E-state index contributed by atoms with van der Waals surface area (Å²) in [6, 6.07) is 14.3. The van der Waals surface area contributed by atoms with Crippen LogP contribution in [-0.4, -0.2) is 38.8 Å². The van der Waals surface area contributed by atoms with E-state index in [2.05, 4.69) is 39.2 Å². The van der Waals surface area contributed by atoms with E-state index in [-0.39, 0.29) is 5.91 Å². The molecule has 3 aromatic rings. The van der Waals surface area contributed by atoms with E-state index in [9.17, 15) is 4.79 Å². The predicted octanol–water partition coefficient (Wildman–Crippen LogP) is 3.95. The van der Waals surface area contributed by atoms with E-state index in [1.807, 2.05) is 23.1 Å². The lowest BCUT2D eigenvalue weighted by molar-refractivity contribution is 0.0760. The molecule has 0 aliphatic carbocycles. The summed E-state index contributed by atoms with van der Waals surface area (Å²) in [5.74, 6) is 0.592. The Kier molecular flexibility index (Phi) is 5.19. The average molecular weight is 358 g/mol. The molecule has 1 atom stereocenters. The molecule has 5 nitrogen and oxygen atoms in total. The molecule has 1 aromatic carbocycles. The van der Waals surface area contributed by atoms with Gasteiger partial charge in [0.1, 0.15) is 6.33 Å². The number of carbonyl (C=O) groups excluding carboxylic acids is 1. The Morgan fingerprint density at radius 2 is 1.74 bits per heavy atom. The van der Waals surface area contributed by atoms with Gasteiger partial charge in [-0.05, 0) is 42.9 Å². The summed E-state index contributed by atoms with van der Waals surface area (Å²) in [5, 5.41) is 0. The number of amides is 1. The summed E-state index contributed by atoms with van der Waals surface area (Å²) in [6.45, 7) is 1.59. The molecule has 0 spiro atoms. The lowest BCUT2D eigenvalue weighted by Crippen LogP contribution is -2.32. The van der Waals surface area contributed by atoms with Crippen molar-refractivity contribution in [3.05, 3.63) is 78.5 Å². The van der Waals surface area contributed by atoms with Crippen LogP contribution in [0.2, 0.25) is 0 Å². The fourth-order valence-electron chi connectivity index (χ4n) is 3.66. The van der Waals surface area contributed by atoms with Crippen LogP contribution in [0, 0.1) is 0 Å². The molecule has 1 saturated heterocycles. The van der Waals surface area contributed by atoms with Gasteiger partial charge in [0, 0.05) is 37.2 Å². The number of rotatable bonds is 3. The number of pyridine rings is 1. The highest BCUT2D eigenvalue weighted by molar-refractivity contribution is 5.94. The summed E-state index contributed by atoms with van der Waals surface area (Å²) in [4.78, 5) is 27.3. The number of aromatic nitrogens is 3.